The molecule has 2 rings (SSSR count). The van der Waals surface area contributed by atoms with Crippen LogP contribution in [0.3, 0.4) is 0 Å². The average Bonchev–Trinajstić information content (AvgIpc) is 2.45. The van der Waals surface area contributed by atoms with Gasteiger partial charge in [0.1, 0.15) is 0 Å². The number of hydrogen-bond acceptors (Lipinski definition) is 4. The summed E-state index contributed by atoms with van der Waals surface area (Å²) in [5.41, 5.74) is 0.646. The van der Waals surface area contributed by atoms with Crippen LogP contribution in [0.15, 0.2) is 28.3 Å². The zero-order valence-electron chi connectivity index (χ0n) is 11.5. The largest absolute Gasteiger partial charge is 0.411 e. The topological polar surface area (TPSA) is 70.0 Å². The third-order valence-electron chi connectivity index (χ3n) is 3.61. The highest BCUT2D eigenvalue weighted by Gasteiger charge is 2.33. The van der Waals surface area contributed by atoms with Gasteiger partial charge in [0.2, 0.25) is 10.0 Å². The average molecular weight is 351 g/mol. The molecule has 0 spiro atoms. The smallest absolute Gasteiger partial charge is 0.243 e. The summed E-state index contributed by atoms with van der Waals surface area (Å²) in [5, 5.41) is 12.8. The Bertz CT molecular complexity index is 641. The summed E-state index contributed by atoms with van der Waals surface area (Å²) < 4.78 is 26.7. The molecule has 1 N–H and O–H groups in total. The van der Waals surface area contributed by atoms with Crippen molar-refractivity contribution in [3.05, 3.63) is 28.2 Å². The van der Waals surface area contributed by atoms with Gasteiger partial charge in [-0.15, -0.1) is 0 Å². The molecule has 1 aliphatic heterocycles. The van der Waals surface area contributed by atoms with Gasteiger partial charge >= 0.3 is 0 Å². The number of sulfonamides is 1. The minimum Gasteiger partial charge on any atom is -0.411 e. The number of halogens is 2. The minimum absolute atomic E-state index is 0.0758. The number of oxime groups is 1. The Kier molecular flexibility index (Phi) is 5.14. The molecule has 0 aliphatic carbocycles. The van der Waals surface area contributed by atoms with Gasteiger partial charge in [0, 0.05) is 35.5 Å². The van der Waals surface area contributed by atoms with E-state index < -0.39 is 10.0 Å². The molecule has 0 aromatic heterocycles. The molecular weight excluding hydrogens is 335 g/mol. The van der Waals surface area contributed by atoms with Crippen LogP contribution in [-0.4, -0.2) is 36.7 Å². The lowest BCUT2D eigenvalue weighted by molar-refractivity contribution is 0.295. The maximum Gasteiger partial charge on any atom is 0.243 e. The lowest BCUT2D eigenvalue weighted by Gasteiger charge is -2.32. The molecule has 1 fully saturated rings. The maximum atomic E-state index is 12.7. The van der Waals surface area contributed by atoms with Crippen molar-refractivity contribution in [1.29, 1.82) is 0 Å². The van der Waals surface area contributed by atoms with Crippen molar-refractivity contribution >= 4 is 38.9 Å². The summed E-state index contributed by atoms with van der Waals surface area (Å²) in [5.74, 6) is -0.0758. The molecule has 0 radical (unpaired) electrons. The van der Waals surface area contributed by atoms with E-state index in [0.29, 0.717) is 25.1 Å². The molecule has 8 heteroatoms. The van der Waals surface area contributed by atoms with Gasteiger partial charge < -0.3 is 5.21 Å². The number of nitrogens with zero attached hydrogens (tertiary/aromatic N) is 2. The normalized spacial score (nSPS) is 22.6. The Hall–Kier alpha value is -0.820. The van der Waals surface area contributed by atoms with Crippen LogP contribution in [0.4, 0.5) is 0 Å². The number of benzene rings is 1. The van der Waals surface area contributed by atoms with Crippen molar-refractivity contribution in [2.45, 2.75) is 24.7 Å². The standard InChI is InChI=1S/C13H16Cl2N2O3S/c1-2-9-8-17(4-3-13(9)16-18)21(19,20)12-6-10(14)5-11(15)7-12/h5-7,9,18H,2-4,8H2,1H3/b16-13+. The first-order valence-corrected chi connectivity index (χ1v) is 8.75. The molecule has 0 amide bonds. The lowest BCUT2D eigenvalue weighted by atomic mass is 9.95. The van der Waals surface area contributed by atoms with E-state index in [-0.39, 0.29) is 27.4 Å². The van der Waals surface area contributed by atoms with Crippen molar-refractivity contribution in [3.63, 3.8) is 0 Å². The first-order valence-electron chi connectivity index (χ1n) is 6.55. The van der Waals surface area contributed by atoms with Crippen LogP contribution in [0.2, 0.25) is 10.0 Å². The van der Waals surface area contributed by atoms with Gasteiger partial charge in [-0.2, -0.15) is 4.31 Å². The fourth-order valence-corrected chi connectivity index (χ4v) is 4.64. The highest BCUT2D eigenvalue weighted by molar-refractivity contribution is 7.89. The van der Waals surface area contributed by atoms with E-state index in [1.54, 1.807) is 0 Å². The Morgan fingerprint density at radius 1 is 1.33 bits per heavy atom. The van der Waals surface area contributed by atoms with E-state index >= 15 is 0 Å². The number of hydrogen-bond donors (Lipinski definition) is 1. The summed E-state index contributed by atoms with van der Waals surface area (Å²) in [7, 11) is -3.65. The van der Waals surface area contributed by atoms with Crippen LogP contribution in [0, 0.1) is 5.92 Å². The van der Waals surface area contributed by atoms with Crippen LogP contribution in [0.1, 0.15) is 19.8 Å². The zero-order valence-corrected chi connectivity index (χ0v) is 13.8. The fraction of sp³-hybridized carbons (Fsp3) is 0.462. The Morgan fingerprint density at radius 2 is 1.95 bits per heavy atom. The van der Waals surface area contributed by atoms with Crippen LogP contribution in [0.25, 0.3) is 0 Å². The molecular formula is C13H16Cl2N2O3S. The van der Waals surface area contributed by atoms with Crippen molar-refractivity contribution < 1.29 is 13.6 Å². The van der Waals surface area contributed by atoms with Crippen molar-refractivity contribution in [2.75, 3.05) is 13.1 Å². The molecule has 0 bridgehead atoms. The molecule has 1 heterocycles. The Labute approximate surface area is 134 Å². The van der Waals surface area contributed by atoms with Gasteiger partial charge in [-0.1, -0.05) is 35.3 Å². The predicted octanol–water partition coefficient (Wildman–Crippen LogP) is 3.24. The quantitative estimate of drug-likeness (QED) is 0.671. The van der Waals surface area contributed by atoms with Crippen LogP contribution in [-0.2, 0) is 10.0 Å². The van der Waals surface area contributed by atoms with Crippen LogP contribution in [0.5, 0.6) is 0 Å². The van der Waals surface area contributed by atoms with Gasteiger partial charge in [0.05, 0.1) is 10.6 Å². The number of rotatable bonds is 3. The second-order valence-electron chi connectivity index (χ2n) is 4.91. The van der Waals surface area contributed by atoms with Gasteiger partial charge in [-0.3, -0.25) is 0 Å². The van der Waals surface area contributed by atoms with Gasteiger partial charge in [0.15, 0.2) is 0 Å². The summed E-state index contributed by atoms with van der Waals surface area (Å²) in [6.07, 6.45) is 1.13. The van der Waals surface area contributed by atoms with Crippen LogP contribution >= 0.6 is 23.2 Å². The van der Waals surface area contributed by atoms with Crippen molar-refractivity contribution in [1.82, 2.24) is 4.31 Å². The lowest BCUT2D eigenvalue weighted by Crippen LogP contribution is -2.43. The molecule has 1 atom stereocenters. The SMILES string of the molecule is CCC1CN(S(=O)(=O)c2cc(Cl)cc(Cl)c2)CC/C1=N\O. The van der Waals surface area contributed by atoms with Crippen LogP contribution < -0.4 is 0 Å². The minimum atomic E-state index is -3.65. The fourth-order valence-electron chi connectivity index (χ4n) is 2.43. The second-order valence-corrected chi connectivity index (χ2v) is 7.73. The first kappa shape index (κ1) is 16.5. The molecule has 1 aromatic carbocycles. The monoisotopic (exact) mass is 350 g/mol. The highest BCUT2D eigenvalue weighted by Crippen LogP contribution is 2.28. The summed E-state index contributed by atoms with van der Waals surface area (Å²) >= 11 is 11.8. The van der Waals surface area contributed by atoms with E-state index in [0.717, 1.165) is 0 Å². The molecule has 21 heavy (non-hydrogen) atoms. The van der Waals surface area contributed by atoms with Crippen molar-refractivity contribution in [3.8, 4) is 0 Å². The van der Waals surface area contributed by atoms with Crippen molar-refractivity contribution in [2.24, 2.45) is 11.1 Å². The molecule has 0 saturated carbocycles. The third-order valence-corrected chi connectivity index (χ3v) is 5.89. The summed E-state index contributed by atoms with van der Waals surface area (Å²) in [4.78, 5) is 0.0826. The molecule has 1 aromatic rings. The first-order chi connectivity index (χ1) is 9.88. The number of piperidine rings is 1. The summed E-state index contributed by atoms with van der Waals surface area (Å²) in [6, 6.07) is 4.27. The van der Waals surface area contributed by atoms with E-state index in [2.05, 4.69) is 5.16 Å². The van der Waals surface area contributed by atoms with Gasteiger partial charge in [0.25, 0.3) is 0 Å². The summed E-state index contributed by atoms with van der Waals surface area (Å²) in [6.45, 7) is 2.51. The third kappa shape index (κ3) is 3.51. The molecule has 116 valence electrons. The zero-order chi connectivity index (χ0) is 15.6. The molecule has 1 unspecified atom stereocenters. The van der Waals surface area contributed by atoms with E-state index in [4.69, 9.17) is 28.4 Å². The van der Waals surface area contributed by atoms with E-state index in [9.17, 15) is 8.42 Å². The van der Waals surface area contributed by atoms with Gasteiger partial charge in [-0.05, 0) is 24.6 Å². The Balaban J connectivity index is 2.32. The Morgan fingerprint density at radius 3 is 2.48 bits per heavy atom. The molecule has 1 aliphatic rings. The second kappa shape index (κ2) is 6.52. The molecule has 1 saturated heterocycles. The van der Waals surface area contributed by atoms with Gasteiger partial charge in [-0.25, -0.2) is 8.42 Å². The highest BCUT2D eigenvalue weighted by atomic mass is 35.5. The van der Waals surface area contributed by atoms with E-state index in [1.165, 1.54) is 22.5 Å². The molecule has 5 nitrogen and oxygen atoms in total. The van der Waals surface area contributed by atoms with E-state index in [1.807, 2.05) is 6.92 Å². The predicted molar refractivity (Wildman–Crippen MR) is 82.8 cm³/mol. The maximum absolute atomic E-state index is 12.7.